The third-order valence-corrected chi connectivity index (χ3v) is 2.89. The van der Waals surface area contributed by atoms with E-state index in [9.17, 15) is 19.5 Å². The van der Waals surface area contributed by atoms with Gasteiger partial charge in [0.25, 0.3) is 0 Å². The molecule has 23 heavy (non-hydrogen) atoms. The van der Waals surface area contributed by atoms with Gasteiger partial charge in [0.1, 0.15) is 0 Å². The molecule has 0 aliphatic heterocycles. The molecule has 1 rings (SSSR count). The molecule has 2 N–H and O–H groups in total. The molecule has 0 heterocycles. The van der Waals surface area contributed by atoms with Gasteiger partial charge in [0, 0.05) is 38.7 Å². The molecule has 0 atom stereocenters. The Morgan fingerprint density at radius 1 is 1.09 bits per heavy atom. The number of benzene rings is 1. The Hall–Kier alpha value is -1.57. The molecule has 0 unspecified atom stereocenters. The molecule has 0 radical (unpaired) electrons. The Morgan fingerprint density at radius 2 is 1.70 bits per heavy atom. The van der Waals surface area contributed by atoms with E-state index in [0.29, 0.717) is 18.7 Å². The zero-order valence-corrected chi connectivity index (χ0v) is 15.7. The zero-order chi connectivity index (χ0) is 16.5. The molecule has 0 aliphatic carbocycles. The molecule has 1 aromatic rings. The molecule has 0 fully saturated rings. The Balaban J connectivity index is 0.00000484. The summed E-state index contributed by atoms with van der Waals surface area (Å²) in [6, 6.07) is 7.02. The van der Waals surface area contributed by atoms with Crippen LogP contribution in [0.2, 0.25) is 0 Å². The normalized spacial score (nSPS) is 9.48. The summed E-state index contributed by atoms with van der Waals surface area (Å²) in [4.78, 5) is 34.5. The molecular weight excluding hydrogens is 309 g/mol. The van der Waals surface area contributed by atoms with Crippen LogP contribution in [0.1, 0.15) is 18.4 Å². The van der Waals surface area contributed by atoms with Crippen LogP contribution in [-0.2, 0) is 16.0 Å². The summed E-state index contributed by atoms with van der Waals surface area (Å²) in [5.41, 5.74) is 1.62. The second-order valence-electron chi connectivity index (χ2n) is 4.99. The quantitative estimate of drug-likeness (QED) is 0.520. The number of hydrogen-bond donors (Lipinski definition) is 2. The molecule has 0 aromatic heterocycles. The van der Waals surface area contributed by atoms with Gasteiger partial charge in [0.05, 0.1) is 0 Å². The minimum absolute atomic E-state index is 0. The predicted molar refractivity (Wildman–Crippen MR) is 80.1 cm³/mol. The average molecular weight is 329 g/mol. The number of aliphatic carboxylic acids is 1. The van der Waals surface area contributed by atoms with E-state index in [2.05, 4.69) is 10.6 Å². The van der Waals surface area contributed by atoms with Crippen molar-refractivity contribution in [2.75, 3.05) is 26.0 Å². The van der Waals surface area contributed by atoms with Crippen LogP contribution >= 0.6 is 0 Å². The summed E-state index contributed by atoms with van der Waals surface area (Å²) in [5.74, 6) is -1.61. The fourth-order valence-electron chi connectivity index (χ4n) is 1.67. The van der Waals surface area contributed by atoms with E-state index in [1.165, 1.54) is 4.90 Å². The van der Waals surface area contributed by atoms with Crippen molar-refractivity contribution in [1.82, 2.24) is 10.2 Å². The zero-order valence-electron chi connectivity index (χ0n) is 13.7. The van der Waals surface area contributed by atoms with Crippen LogP contribution in [0.4, 0.5) is 10.5 Å². The summed E-state index contributed by atoms with van der Waals surface area (Å²) in [6.07, 6.45) is 0.272. The number of anilines is 1. The standard InChI is InChI=1S/C15H21N3O4.Na/c1-18(2)15(22)16-10-9-11-3-5-12(6-4-11)17-13(19)7-8-14(20)21;/h3-6H,7-10H2,1-2H3,(H,16,22)(H,17,19)(H,20,21);/q;+1/p-1. The number of amides is 3. The minimum Gasteiger partial charge on any atom is -0.550 e. The van der Waals surface area contributed by atoms with E-state index < -0.39 is 5.97 Å². The van der Waals surface area contributed by atoms with Crippen molar-refractivity contribution in [2.24, 2.45) is 0 Å². The second kappa shape index (κ2) is 11.0. The Morgan fingerprint density at radius 3 is 2.22 bits per heavy atom. The van der Waals surface area contributed by atoms with Crippen molar-refractivity contribution >= 4 is 23.6 Å². The number of rotatable bonds is 7. The van der Waals surface area contributed by atoms with Crippen molar-refractivity contribution in [2.45, 2.75) is 19.3 Å². The summed E-state index contributed by atoms with van der Waals surface area (Å²) >= 11 is 0. The number of carbonyl (C=O) groups excluding carboxylic acids is 3. The van der Waals surface area contributed by atoms with Crippen LogP contribution in [0.3, 0.4) is 0 Å². The summed E-state index contributed by atoms with van der Waals surface area (Å²) in [5, 5.41) is 15.6. The monoisotopic (exact) mass is 329 g/mol. The first-order valence-corrected chi connectivity index (χ1v) is 6.92. The van der Waals surface area contributed by atoms with Crippen molar-refractivity contribution in [3.8, 4) is 0 Å². The van der Waals surface area contributed by atoms with Gasteiger partial charge >= 0.3 is 35.6 Å². The first-order chi connectivity index (χ1) is 10.4. The van der Waals surface area contributed by atoms with Crippen LogP contribution in [0.5, 0.6) is 0 Å². The third-order valence-electron chi connectivity index (χ3n) is 2.89. The van der Waals surface area contributed by atoms with E-state index in [-0.39, 0.29) is 54.3 Å². The SMILES string of the molecule is CN(C)C(=O)NCCc1ccc(NC(=O)CCC(=O)[O-])cc1.[Na+]. The number of nitrogens with one attached hydrogen (secondary N) is 2. The van der Waals surface area contributed by atoms with Gasteiger partial charge in [0.2, 0.25) is 5.91 Å². The summed E-state index contributed by atoms with van der Waals surface area (Å²) in [6.45, 7) is 0.522. The average Bonchev–Trinajstić information content (AvgIpc) is 2.46. The smallest absolute Gasteiger partial charge is 0.550 e. The maximum atomic E-state index is 11.5. The van der Waals surface area contributed by atoms with Crippen LogP contribution < -0.4 is 45.3 Å². The van der Waals surface area contributed by atoms with Gasteiger partial charge < -0.3 is 25.4 Å². The van der Waals surface area contributed by atoms with E-state index in [4.69, 9.17) is 0 Å². The van der Waals surface area contributed by atoms with Crippen LogP contribution in [0.15, 0.2) is 24.3 Å². The van der Waals surface area contributed by atoms with E-state index in [0.717, 1.165) is 5.56 Å². The number of urea groups is 1. The van der Waals surface area contributed by atoms with Crippen molar-refractivity contribution in [3.05, 3.63) is 29.8 Å². The largest absolute Gasteiger partial charge is 1.00 e. The first kappa shape index (κ1) is 21.4. The van der Waals surface area contributed by atoms with Gasteiger partial charge in [-0.25, -0.2) is 4.79 Å². The number of nitrogens with zero attached hydrogens (tertiary/aromatic N) is 1. The fraction of sp³-hybridized carbons (Fsp3) is 0.400. The van der Waals surface area contributed by atoms with E-state index >= 15 is 0 Å². The molecule has 1 aromatic carbocycles. The van der Waals surface area contributed by atoms with Gasteiger partial charge in [0.15, 0.2) is 0 Å². The molecular formula is C15H20N3NaO4. The molecule has 0 aliphatic rings. The van der Waals surface area contributed by atoms with E-state index in [1.54, 1.807) is 26.2 Å². The molecule has 0 saturated heterocycles. The van der Waals surface area contributed by atoms with E-state index in [1.807, 2.05) is 12.1 Å². The van der Waals surface area contributed by atoms with Crippen molar-refractivity contribution < 1.29 is 49.0 Å². The summed E-state index contributed by atoms with van der Waals surface area (Å²) < 4.78 is 0. The second-order valence-corrected chi connectivity index (χ2v) is 4.99. The number of hydrogen-bond acceptors (Lipinski definition) is 4. The molecule has 120 valence electrons. The molecule has 7 nitrogen and oxygen atoms in total. The minimum atomic E-state index is -1.25. The number of carboxylic acid groups (broad SMARTS) is 1. The van der Waals surface area contributed by atoms with Crippen LogP contribution in [-0.4, -0.2) is 43.4 Å². The van der Waals surface area contributed by atoms with Gasteiger partial charge in [-0.05, 0) is 30.5 Å². The van der Waals surface area contributed by atoms with Gasteiger partial charge in [-0.3, -0.25) is 4.79 Å². The third kappa shape index (κ3) is 9.22. The molecule has 8 heteroatoms. The van der Waals surface area contributed by atoms with Gasteiger partial charge in [-0.15, -0.1) is 0 Å². The topological polar surface area (TPSA) is 102 Å². The Kier molecular flexibility index (Phi) is 10.3. The Bertz CT molecular complexity index is 532. The van der Waals surface area contributed by atoms with Crippen molar-refractivity contribution in [1.29, 1.82) is 0 Å². The molecule has 3 amide bonds. The summed E-state index contributed by atoms with van der Waals surface area (Å²) in [7, 11) is 3.35. The number of carbonyl (C=O) groups is 3. The van der Waals surface area contributed by atoms with Crippen molar-refractivity contribution in [3.63, 3.8) is 0 Å². The van der Waals surface area contributed by atoms with Gasteiger partial charge in [-0.2, -0.15) is 0 Å². The maximum absolute atomic E-state index is 11.5. The fourth-order valence-corrected chi connectivity index (χ4v) is 1.67. The van der Waals surface area contributed by atoms with Gasteiger partial charge in [-0.1, -0.05) is 12.1 Å². The first-order valence-electron chi connectivity index (χ1n) is 6.92. The van der Waals surface area contributed by atoms with Crippen LogP contribution in [0.25, 0.3) is 0 Å². The van der Waals surface area contributed by atoms with Crippen LogP contribution in [0, 0.1) is 0 Å². The molecule has 0 bridgehead atoms. The molecule has 0 saturated carbocycles. The Labute approximate surface area is 157 Å². The predicted octanol–water partition coefficient (Wildman–Crippen LogP) is -3.03. The maximum Gasteiger partial charge on any atom is 1.00 e. The number of carboxylic acids is 1. The molecule has 0 spiro atoms.